The molecule has 7 heteroatoms. The standard InChI is InChI=1S/C26H22Cl2N2O3/c1-2-13-32-23-9-3-18(4-10-23)14-20(16-29)26(31)30-22-7-11-24(12-8-22)33-17-19-5-6-21(27)15-25(19)28/h3-12,14-15H,2,13,17H2,1H3,(H,30,31)/b20-14+. The molecular formula is C26H22Cl2N2O3. The number of halogens is 2. The largest absolute Gasteiger partial charge is 0.494 e. The molecule has 1 N–H and O–H groups in total. The van der Waals surface area contributed by atoms with Crippen molar-refractivity contribution in [1.82, 2.24) is 0 Å². The Morgan fingerprint density at radius 1 is 1.00 bits per heavy atom. The van der Waals surface area contributed by atoms with E-state index in [2.05, 4.69) is 5.32 Å². The van der Waals surface area contributed by atoms with E-state index in [1.165, 1.54) is 6.08 Å². The SMILES string of the molecule is CCCOc1ccc(/C=C(\C#N)C(=O)Nc2ccc(OCc3ccc(Cl)cc3Cl)cc2)cc1. The van der Waals surface area contributed by atoms with Crippen LogP contribution in [0, 0.1) is 11.3 Å². The smallest absolute Gasteiger partial charge is 0.266 e. The minimum Gasteiger partial charge on any atom is -0.494 e. The summed E-state index contributed by atoms with van der Waals surface area (Å²) in [5, 5.41) is 13.2. The molecule has 3 rings (SSSR count). The third kappa shape index (κ3) is 7.28. The second kappa shape index (κ2) is 12.0. The number of hydrogen-bond acceptors (Lipinski definition) is 4. The summed E-state index contributed by atoms with van der Waals surface area (Å²) in [4.78, 5) is 12.5. The molecule has 0 saturated carbocycles. The quantitative estimate of drug-likeness (QED) is 0.266. The normalized spacial score (nSPS) is 10.9. The van der Waals surface area contributed by atoms with Gasteiger partial charge in [-0.15, -0.1) is 0 Å². The number of carbonyl (C=O) groups is 1. The van der Waals surface area contributed by atoms with Gasteiger partial charge in [0, 0.05) is 21.3 Å². The van der Waals surface area contributed by atoms with Crippen LogP contribution >= 0.6 is 23.2 Å². The maximum atomic E-state index is 12.5. The molecule has 3 aromatic carbocycles. The third-order valence-corrected chi connectivity index (χ3v) is 5.14. The van der Waals surface area contributed by atoms with Gasteiger partial charge in [0.25, 0.3) is 5.91 Å². The zero-order valence-corrected chi connectivity index (χ0v) is 19.5. The molecule has 0 aliphatic heterocycles. The zero-order valence-electron chi connectivity index (χ0n) is 18.0. The maximum Gasteiger partial charge on any atom is 0.266 e. The highest BCUT2D eigenvalue weighted by Gasteiger charge is 2.10. The number of ether oxygens (including phenoxy) is 2. The van der Waals surface area contributed by atoms with Gasteiger partial charge in [-0.25, -0.2) is 0 Å². The van der Waals surface area contributed by atoms with Crippen LogP contribution in [-0.2, 0) is 11.4 Å². The van der Waals surface area contributed by atoms with Crippen molar-refractivity contribution in [3.63, 3.8) is 0 Å². The van der Waals surface area contributed by atoms with E-state index >= 15 is 0 Å². The first-order valence-electron chi connectivity index (χ1n) is 10.3. The van der Waals surface area contributed by atoms with E-state index < -0.39 is 5.91 Å². The van der Waals surface area contributed by atoms with Gasteiger partial charge in [-0.1, -0.05) is 48.3 Å². The van der Waals surface area contributed by atoms with Crippen molar-refractivity contribution < 1.29 is 14.3 Å². The molecule has 0 unspecified atom stereocenters. The first-order valence-corrected chi connectivity index (χ1v) is 11.1. The number of hydrogen-bond donors (Lipinski definition) is 1. The fraction of sp³-hybridized carbons (Fsp3) is 0.154. The predicted molar refractivity (Wildman–Crippen MR) is 132 cm³/mol. The third-order valence-electron chi connectivity index (χ3n) is 4.55. The molecular weight excluding hydrogens is 459 g/mol. The lowest BCUT2D eigenvalue weighted by Crippen LogP contribution is -2.13. The number of amides is 1. The van der Waals surface area contributed by atoms with E-state index in [0.29, 0.717) is 28.1 Å². The summed E-state index contributed by atoms with van der Waals surface area (Å²) in [5.74, 6) is 0.864. The Balaban J connectivity index is 1.59. The molecule has 168 valence electrons. The lowest BCUT2D eigenvalue weighted by molar-refractivity contribution is -0.112. The summed E-state index contributed by atoms with van der Waals surface area (Å²) >= 11 is 12.1. The number of nitrogens with zero attached hydrogens (tertiary/aromatic N) is 1. The number of benzene rings is 3. The van der Waals surface area contributed by atoms with Crippen molar-refractivity contribution in [3.8, 4) is 17.6 Å². The Bertz CT molecular complexity index is 1170. The summed E-state index contributed by atoms with van der Waals surface area (Å²) in [6.07, 6.45) is 2.45. The van der Waals surface area contributed by atoms with Gasteiger partial charge in [-0.2, -0.15) is 5.26 Å². The van der Waals surface area contributed by atoms with Crippen molar-refractivity contribution in [2.45, 2.75) is 20.0 Å². The Hall–Kier alpha value is -3.46. The maximum absolute atomic E-state index is 12.5. The highest BCUT2D eigenvalue weighted by molar-refractivity contribution is 6.35. The molecule has 0 radical (unpaired) electrons. The number of rotatable bonds is 9. The van der Waals surface area contributed by atoms with Gasteiger partial charge in [-0.05, 0) is 66.6 Å². The van der Waals surface area contributed by atoms with Crippen molar-refractivity contribution in [3.05, 3.63) is 93.5 Å². The summed E-state index contributed by atoms with van der Waals surface area (Å²) in [6, 6.07) is 21.2. The van der Waals surface area contributed by atoms with Gasteiger partial charge in [0.2, 0.25) is 0 Å². The summed E-state index contributed by atoms with van der Waals surface area (Å²) in [5.41, 5.74) is 2.08. The van der Waals surface area contributed by atoms with E-state index in [1.807, 2.05) is 25.1 Å². The first kappa shape index (κ1) is 24.2. The summed E-state index contributed by atoms with van der Waals surface area (Å²) in [7, 11) is 0. The van der Waals surface area contributed by atoms with Crippen LogP contribution in [0.4, 0.5) is 5.69 Å². The van der Waals surface area contributed by atoms with E-state index in [0.717, 1.165) is 23.3 Å². The van der Waals surface area contributed by atoms with Crippen LogP contribution in [0.15, 0.2) is 72.3 Å². The minimum absolute atomic E-state index is 0.00469. The Morgan fingerprint density at radius 3 is 2.30 bits per heavy atom. The van der Waals surface area contributed by atoms with Crippen LogP contribution in [-0.4, -0.2) is 12.5 Å². The molecule has 3 aromatic rings. The molecule has 33 heavy (non-hydrogen) atoms. The zero-order chi connectivity index (χ0) is 23.6. The Kier molecular flexibility index (Phi) is 8.77. The van der Waals surface area contributed by atoms with E-state index in [-0.39, 0.29) is 12.2 Å². The van der Waals surface area contributed by atoms with E-state index in [9.17, 15) is 10.1 Å². The lowest BCUT2D eigenvalue weighted by Gasteiger charge is -2.09. The topological polar surface area (TPSA) is 71.3 Å². The van der Waals surface area contributed by atoms with Crippen LogP contribution in [0.3, 0.4) is 0 Å². The molecule has 0 heterocycles. The van der Waals surface area contributed by atoms with Gasteiger partial charge in [0.15, 0.2) is 0 Å². The number of nitriles is 1. The lowest BCUT2D eigenvalue weighted by atomic mass is 10.1. The Labute approximate surface area is 203 Å². The molecule has 0 saturated heterocycles. The molecule has 1 amide bonds. The average molecular weight is 481 g/mol. The first-order chi connectivity index (χ1) is 16.0. The average Bonchev–Trinajstić information content (AvgIpc) is 2.82. The number of nitrogens with one attached hydrogen (secondary N) is 1. The van der Waals surface area contributed by atoms with Crippen LogP contribution in [0.2, 0.25) is 10.0 Å². The fourth-order valence-electron chi connectivity index (χ4n) is 2.83. The van der Waals surface area contributed by atoms with Crippen molar-refractivity contribution in [2.24, 2.45) is 0 Å². The van der Waals surface area contributed by atoms with Crippen molar-refractivity contribution >= 4 is 40.9 Å². The van der Waals surface area contributed by atoms with Crippen molar-refractivity contribution in [2.75, 3.05) is 11.9 Å². The monoisotopic (exact) mass is 480 g/mol. The molecule has 0 atom stereocenters. The highest BCUT2D eigenvalue weighted by Crippen LogP contribution is 2.24. The fourth-order valence-corrected chi connectivity index (χ4v) is 3.29. The molecule has 0 aliphatic rings. The summed E-state index contributed by atoms with van der Waals surface area (Å²) in [6.45, 7) is 2.96. The highest BCUT2D eigenvalue weighted by atomic mass is 35.5. The van der Waals surface area contributed by atoms with Crippen LogP contribution in [0.1, 0.15) is 24.5 Å². The molecule has 5 nitrogen and oxygen atoms in total. The van der Waals surface area contributed by atoms with Gasteiger partial charge in [-0.3, -0.25) is 4.79 Å². The van der Waals surface area contributed by atoms with Crippen LogP contribution < -0.4 is 14.8 Å². The van der Waals surface area contributed by atoms with Crippen LogP contribution in [0.25, 0.3) is 6.08 Å². The molecule has 0 spiro atoms. The van der Waals surface area contributed by atoms with Crippen molar-refractivity contribution in [1.29, 1.82) is 5.26 Å². The molecule has 0 aliphatic carbocycles. The summed E-state index contributed by atoms with van der Waals surface area (Å²) < 4.78 is 11.3. The van der Waals surface area contributed by atoms with Gasteiger partial charge < -0.3 is 14.8 Å². The predicted octanol–water partition coefficient (Wildman–Crippen LogP) is 6.91. The van der Waals surface area contributed by atoms with Gasteiger partial charge in [0.1, 0.15) is 29.7 Å². The number of carbonyl (C=O) groups excluding carboxylic acids is 1. The van der Waals surface area contributed by atoms with Crippen LogP contribution in [0.5, 0.6) is 11.5 Å². The van der Waals surface area contributed by atoms with E-state index in [1.54, 1.807) is 54.6 Å². The molecule has 0 bridgehead atoms. The molecule has 0 fully saturated rings. The second-order valence-electron chi connectivity index (χ2n) is 7.09. The van der Waals surface area contributed by atoms with Gasteiger partial charge in [0.05, 0.1) is 6.61 Å². The Morgan fingerprint density at radius 2 is 1.67 bits per heavy atom. The minimum atomic E-state index is -0.495. The molecule has 0 aromatic heterocycles. The van der Waals surface area contributed by atoms with Gasteiger partial charge >= 0.3 is 0 Å². The second-order valence-corrected chi connectivity index (χ2v) is 7.93. The van der Waals surface area contributed by atoms with E-state index in [4.69, 9.17) is 32.7 Å². The number of anilines is 1.